The molecule has 1 unspecified atom stereocenters. The van der Waals surface area contributed by atoms with Crippen LogP contribution in [0.5, 0.6) is 5.75 Å². The molecule has 108 valence electrons. The molecular weight excluding hydrogens is 252 g/mol. The topological polar surface area (TPSA) is 41.6 Å². The van der Waals surface area contributed by atoms with E-state index in [0.29, 0.717) is 6.54 Å². The Bertz CT molecular complexity index is 468. The fraction of sp³-hybridized carbons (Fsp3) is 0.562. The first-order valence-electron chi connectivity index (χ1n) is 7.45. The zero-order valence-corrected chi connectivity index (χ0v) is 12.0. The molecule has 2 aliphatic rings. The minimum atomic E-state index is 0.0209. The number of carbonyl (C=O) groups is 1. The molecule has 20 heavy (non-hydrogen) atoms. The number of ether oxygens (including phenoxy) is 1. The van der Waals surface area contributed by atoms with Crippen molar-refractivity contribution in [2.24, 2.45) is 5.92 Å². The number of rotatable bonds is 6. The highest BCUT2D eigenvalue weighted by Crippen LogP contribution is 2.34. The highest BCUT2D eigenvalue weighted by Gasteiger charge is 2.31. The maximum Gasteiger partial charge on any atom is 0.238 e. The standard InChI is InChI=1S/C16H22N2O2/c1-20-14-8-6-13(7-9-14)16-17-11-15(19)18(16)10-2-3-12-4-5-12/h6-9,12,16-17H,2-5,10-11H2,1H3. The summed E-state index contributed by atoms with van der Waals surface area (Å²) in [5, 5.41) is 3.30. The minimum absolute atomic E-state index is 0.0209. The molecule has 4 nitrogen and oxygen atoms in total. The molecule has 3 rings (SSSR count). The summed E-state index contributed by atoms with van der Waals surface area (Å²) in [6.07, 6.45) is 5.17. The lowest BCUT2D eigenvalue weighted by Gasteiger charge is -2.24. The fourth-order valence-corrected chi connectivity index (χ4v) is 2.83. The summed E-state index contributed by atoms with van der Waals surface area (Å²) in [6.45, 7) is 1.30. The van der Waals surface area contributed by atoms with Gasteiger partial charge in [0.25, 0.3) is 0 Å². The van der Waals surface area contributed by atoms with Gasteiger partial charge >= 0.3 is 0 Å². The van der Waals surface area contributed by atoms with Gasteiger partial charge in [0.05, 0.1) is 13.7 Å². The lowest BCUT2D eigenvalue weighted by molar-refractivity contribution is -0.128. The molecule has 0 aromatic heterocycles. The smallest absolute Gasteiger partial charge is 0.238 e. The molecular formula is C16H22N2O2. The zero-order valence-electron chi connectivity index (χ0n) is 12.0. The van der Waals surface area contributed by atoms with Crippen LogP contribution in [0, 0.1) is 5.92 Å². The molecule has 0 radical (unpaired) electrons. The van der Waals surface area contributed by atoms with Crippen molar-refractivity contribution in [3.63, 3.8) is 0 Å². The van der Waals surface area contributed by atoms with E-state index in [-0.39, 0.29) is 12.1 Å². The van der Waals surface area contributed by atoms with Gasteiger partial charge in [-0.05, 0) is 36.5 Å². The minimum Gasteiger partial charge on any atom is -0.497 e. The van der Waals surface area contributed by atoms with Crippen LogP contribution in [0.4, 0.5) is 0 Å². The van der Waals surface area contributed by atoms with Gasteiger partial charge < -0.3 is 9.64 Å². The van der Waals surface area contributed by atoms with Gasteiger partial charge in [-0.2, -0.15) is 0 Å². The van der Waals surface area contributed by atoms with Crippen LogP contribution in [0.25, 0.3) is 0 Å². The second-order valence-corrected chi connectivity index (χ2v) is 5.73. The van der Waals surface area contributed by atoms with Crippen LogP contribution in [0.2, 0.25) is 0 Å². The largest absolute Gasteiger partial charge is 0.497 e. The number of nitrogens with zero attached hydrogens (tertiary/aromatic N) is 1. The molecule has 1 aliphatic heterocycles. The Morgan fingerprint density at radius 2 is 2.05 bits per heavy atom. The van der Waals surface area contributed by atoms with Crippen molar-refractivity contribution in [2.75, 3.05) is 20.2 Å². The monoisotopic (exact) mass is 274 g/mol. The maximum absolute atomic E-state index is 12.0. The molecule has 1 aromatic rings. The number of hydrogen-bond donors (Lipinski definition) is 1. The molecule has 1 atom stereocenters. The quantitative estimate of drug-likeness (QED) is 0.865. The number of nitrogens with one attached hydrogen (secondary N) is 1. The van der Waals surface area contributed by atoms with Gasteiger partial charge in [0.15, 0.2) is 0 Å². The predicted octanol–water partition coefficient (Wildman–Crippen LogP) is 2.32. The second-order valence-electron chi connectivity index (χ2n) is 5.73. The van der Waals surface area contributed by atoms with Gasteiger partial charge in [-0.1, -0.05) is 25.0 Å². The van der Waals surface area contributed by atoms with E-state index in [9.17, 15) is 4.79 Å². The Kier molecular flexibility index (Phi) is 3.92. The number of methoxy groups -OCH3 is 1. The summed E-state index contributed by atoms with van der Waals surface area (Å²) in [5.74, 6) is 1.99. The first-order valence-corrected chi connectivity index (χ1v) is 7.45. The van der Waals surface area contributed by atoms with Gasteiger partial charge in [-0.15, -0.1) is 0 Å². The van der Waals surface area contributed by atoms with Crippen LogP contribution in [0.15, 0.2) is 24.3 Å². The van der Waals surface area contributed by atoms with Gasteiger partial charge in [0.1, 0.15) is 11.9 Å². The lowest BCUT2D eigenvalue weighted by Crippen LogP contribution is -2.31. The molecule has 4 heteroatoms. The van der Waals surface area contributed by atoms with Crippen LogP contribution < -0.4 is 10.1 Å². The predicted molar refractivity (Wildman–Crippen MR) is 77.4 cm³/mol. The summed E-state index contributed by atoms with van der Waals surface area (Å²) in [4.78, 5) is 14.0. The number of hydrogen-bond acceptors (Lipinski definition) is 3. The molecule has 0 bridgehead atoms. The summed E-state index contributed by atoms with van der Waals surface area (Å²) in [7, 11) is 1.66. The molecule has 1 N–H and O–H groups in total. The second kappa shape index (κ2) is 5.83. The van der Waals surface area contributed by atoms with Crippen LogP contribution in [-0.4, -0.2) is 31.0 Å². The van der Waals surface area contributed by atoms with Crippen molar-refractivity contribution in [2.45, 2.75) is 31.8 Å². The van der Waals surface area contributed by atoms with E-state index in [1.807, 2.05) is 29.2 Å². The first-order chi connectivity index (χ1) is 9.78. The van der Waals surface area contributed by atoms with E-state index in [1.54, 1.807) is 7.11 Å². The highest BCUT2D eigenvalue weighted by atomic mass is 16.5. The summed E-state index contributed by atoms with van der Waals surface area (Å²) >= 11 is 0. The molecule has 1 saturated carbocycles. The Morgan fingerprint density at radius 3 is 2.70 bits per heavy atom. The third-order valence-corrected chi connectivity index (χ3v) is 4.22. The Balaban J connectivity index is 1.64. The van der Waals surface area contributed by atoms with Crippen molar-refractivity contribution in [3.05, 3.63) is 29.8 Å². The lowest BCUT2D eigenvalue weighted by atomic mass is 10.1. The third-order valence-electron chi connectivity index (χ3n) is 4.22. The molecule has 0 spiro atoms. The SMILES string of the molecule is COc1ccc(C2NCC(=O)N2CCCC2CC2)cc1. The van der Waals surface area contributed by atoms with Crippen molar-refractivity contribution < 1.29 is 9.53 Å². The van der Waals surface area contributed by atoms with E-state index < -0.39 is 0 Å². The Hall–Kier alpha value is -1.55. The van der Waals surface area contributed by atoms with Gasteiger partial charge in [0.2, 0.25) is 5.91 Å². The van der Waals surface area contributed by atoms with Crippen molar-refractivity contribution >= 4 is 5.91 Å². The van der Waals surface area contributed by atoms with Crippen LogP contribution in [0.1, 0.15) is 37.4 Å². The fourth-order valence-electron chi connectivity index (χ4n) is 2.83. The third kappa shape index (κ3) is 2.96. The van der Waals surface area contributed by atoms with Crippen LogP contribution >= 0.6 is 0 Å². The van der Waals surface area contributed by atoms with E-state index in [4.69, 9.17) is 4.74 Å². The van der Waals surface area contributed by atoms with Crippen LogP contribution in [-0.2, 0) is 4.79 Å². The number of benzene rings is 1. The Morgan fingerprint density at radius 1 is 1.30 bits per heavy atom. The molecule has 1 amide bonds. The summed E-state index contributed by atoms with van der Waals surface area (Å²) in [5.41, 5.74) is 1.13. The average molecular weight is 274 g/mol. The van der Waals surface area contributed by atoms with Gasteiger partial charge in [0, 0.05) is 6.54 Å². The summed E-state index contributed by atoms with van der Waals surface area (Å²) in [6, 6.07) is 7.95. The van der Waals surface area contributed by atoms with E-state index in [0.717, 1.165) is 30.2 Å². The van der Waals surface area contributed by atoms with Gasteiger partial charge in [-0.25, -0.2) is 0 Å². The average Bonchev–Trinajstić information content (AvgIpc) is 3.23. The first kappa shape index (κ1) is 13.4. The van der Waals surface area contributed by atoms with E-state index >= 15 is 0 Å². The number of amides is 1. The van der Waals surface area contributed by atoms with Crippen LogP contribution in [0.3, 0.4) is 0 Å². The van der Waals surface area contributed by atoms with E-state index in [2.05, 4.69) is 5.32 Å². The molecule has 2 fully saturated rings. The van der Waals surface area contributed by atoms with Crippen molar-refractivity contribution in [3.8, 4) is 5.75 Å². The molecule has 1 aliphatic carbocycles. The normalized spacial score (nSPS) is 22.4. The highest BCUT2D eigenvalue weighted by molar-refractivity contribution is 5.80. The maximum atomic E-state index is 12.0. The van der Waals surface area contributed by atoms with Crippen molar-refractivity contribution in [1.29, 1.82) is 0 Å². The molecule has 1 saturated heterocycles. The Labute approximate surface area is 120 Å². The van der Waals surface area contributed by atoms with E-state index in [1.165, 1.54) is 19.3 Å². The molecule has 1 heterocycles. The number of carbonyl (C=O) groups excluding carboxylic acids is 1. The molecule has 1 aromatic carbocycles. The van der Waals surface area contributed by atoms with Crippen molar-refractivity contribution in [1.82, 2.24) is 10.2 Å². The summed E-state index contributed by atoms with van der Waals surface area (Å²) < 4.78 is 5.18. The van der Waals surface area contributed by atoms with Gasteiger partial charge in [-0.3, -0.25) is 10.1 Å². The zero-order chi connectivity index (χ0) is 13.9.